The molecule has 0 aliphatic heterocycles. The molecular formula is C16H24N4. The van der Waals surface area contributed by atoms with Gasteiger partial charge in [0, 0.05) is 32.0 Å². The highest BCUT2D eigenvalue weighted by molar-refractivity contribution is 5.33. The molecule has 2 rings (SSSR count). The van der Waals surface area contributed by atoms with Crippen molar-refractivity contribution in [1.29, 1.82) is 0 Å². The van der Waals surface area contributed by atoms with E-state index in [0.717, 1.165) is 12.4 Å². The molecule has 108 valence electrons. The number of rotatable bonds is 5. The summed E-state index contributed by atoms with van der Waals surface area (Å²) in [6, 6.07) is 6.76. The molecule has 0 aliphatic rings. The Bertz CT molecular complexity index is 574. The van der Waals surface area contributed by atoms with E-state index in [1.807, 2.05) is 24.0 Å². The van der Waals surface area contributed by atoms with Crippen LogP contribution in [0.3, 0.4) is 0 Å². The first kappa shape index (κ1) is 14.8. The largest absolute Gasteiger partial charge is 0.337 e. The summed E-state index contributed by atoms with van der Waals surface area (Å²) in [6.07, 6.45) is 3.80. The highest BCUT2D eigenvalue weighted by atomic mass is 15.2. The lowest BCUT2D eigenvalue weighted by Gasteiger charge is -2.28. The Morgan fingerprint density at radius 1 is 1.35 bits per heavy atom. The number of aromatic nitrogens is 2. The van der Waals surface area contributed by atoms with E-state index >= 15 is 0 Å². The molecule has 0 saturated heterocycles. The molecule has 0 amide bonds. The van der Waals surface area contributed by atoms with Crippen molar-refractivity contribution in [3.05, 3.63) is 53.1 Å². The fourth-order valence-electron chi connectivity index (χ4n) is 2.55. The summed E-state index contributed by atoms with van der Waals surface area (Å²) in [6.45, 7) is 5.66. The summed E-state index contributed by atoms with van der Waals surface area (Å²) in [5.74, 6) is 1.05. The number of aryl methyl sites for hydroxylation is 3. The lowest BCUT2D eigenvalue weighted by Crippen LogP contribution is -2.31. The zero-order chi connectivity index (χ0) is 14.7. The highest BCUT2D eigenvalue weighted by Crippen LogP contribution is 2.24. The van der Waals surface area contributed by atoms with Crippen molar-refractivity contribution in [1.82, 2.24) is 14.5 Å². The second-order valence-electron chi connectivity index (χ2n) is 5.48. The smallest absolute Gasteiger partial charge is 0.122 e. The monoisotopic (exact) mass is 272 g/mol. The van der Waals surface area contributed by atoms with Gasteiger partial charge < -0.3 is 10.3 Å². The number of benzene rings is 1. The van der Waals surface area contributed by atoms with Crippen LogP contribution in [-0.2, 0) is 13.6 Å². The molecule has 1 atom stereocenters. The van der Waals surface area contributed by atoms with E-state index < -0.39 is 0 Å². The van der Waals surface area contributed by atoms with Crippen LogP contribution >= 0.6 is 0 Å². The van der Waals surface area contributed by atoms with Gasteiger partial charge in [-0.25, -0.2) is 4.98 Å². The first-order valence-electron chi connectivity index (χ1n) is 6.96. The predicted octanol–water partition coefficient (Wildman–Crippen LogP) is 2.17. The number of hydrogen-bond acceptors (Lipinski definition) is 3. The summed E-state index contributed by atoms with van der Waals surface area (Å²) in [5.41, 5.74) is 9.89. The molecule has 20 heavy (non-hydrogen) atoms. The Kier molecular flexibility index (Phi) is 4.57. The van der Waals surface area contributed by atoms with Crippen LogP contribution in [0.2, 0.25) is 0 Å². The average molecular weight is 272 g/mol. The van der Waals surface area contributed by atoms with Crippen LogP contribution in [-0.4, -0.2) is 28.0 Å². The van der Waals surface area contributed by atoms with Crippen LogP contribution in [0.5, 0.6) is 0 Å². The van der Waals surface area contributed by atoms with Crippen molar-refractivity contribution in [2.45, 2.75) is 26.4 Å². The number of hydrogen-bond donors (Lipinski definition) is 1. The maximum absolute atomic E-state index is 6.02. The molecule has 0 spiro atoms. The first-order chi connectivity index (χ1) is 9.52. The maximum atomic E-state index is 6.02. The molecular weight excluding hydrogens is 248 g/mol. The number of likely N-dealkylation sites (N-methyl/N-ethyl adjacent to an activating group) is 1. The average Bonchev–Trinajstić information content (AvgIpc) is 2.80. The third-order valence-corrected chi connectivity index (χ3v) is 3.86. The summed E-state index contributed by atoms with van der Waals surface area (Å²) in [7, 11) is 4.12. The molecule has 0 radical (unpaired) electrons. The van der Waals surface area contributed by atoms with Crippen LogP contribution in [0.1, 0.15) is 28.6 Å². The van der Waals surface area contributed by atoms with Gasteiger partial charge in [0.1, 0.15) is 5.82 Å². The van der Waals surface area contributed by atoms with Gasteiger partial charge in [-0.15, -0.1) is 0 Å². The van der Waals surface area contributed by atoms with Gasteiger partial charge >= 0.3 is 0 Å². The van der Waals surface area contributed by atoms with E-state index in [9.17, 15) is 0 Å². The minimum absolute atomic E-state index is 0.214. The van der Waals surface area contributed by atoms with Gasteiger partial charge in [0.05, 0.1) is 6.54 Å². The lowest BCUT2D eigenvalue weighted by molar-refractivity contribution is 0.233. The SMILES string of the molecule is Cc1ccc(C)c(C(CN)N(C)Cc2nccn2C)c1. The Balaban J connectivity index is 2.23. The molecule has 1 heterocycles. The van der Waals surface area contributed by atoms with E-state index in [4.69, 9.17) is 5.73 Å². The van der Waals surface area contributed by atoms with Gasteiger partial charge in [0.25, 0.3) is 0 Å². The molecule has 1 unspecified atom stereocenters. The van der Waals surface area contributed by atoms with Crippen LogP contribution in [0, 0.1) is 13.8 Å². The Morgan fingerprint density at radius 2 is 2.10 bits per heavy atom. The van der Waals surface area contributed by atoms with Crippen molar-refractivity contribution in [2.24, 2.45) is 12.8 Å². The zero-order valence-electron chi connectivity index (χ0n) is 12.8. The van der Waals surface area contributed by atoms with Crippen molar-refractivity contribution in [3.63, 3.8) is 0 Å². The van der Waals surface area contributed by atoms with E-state index in [0.29, 0.717) is 6.54 Å². The third-order valence-electron chi connectivity index (χ3n) is 3.86. The van der Waals surface area contributed by atoms with E-state index in [1.54, 1.807) is 0 Å². The summed E-state index contributed by atoms with van der Waals surface area (Å²) < 4.78 is 2.05. The van der Waals surface area contributed by atoms with Crippen molar-refractivity contribution >= 4 is 0 Å². The van der Waals surface area contributed by atoms with Gasteiger partial charge in [0.2, 0.25) is 0 Å². The number of nitrogens with two attached hydrogens (primary N) is 1. The second kappa shape index (κ2) is 6.20. The first-order valence-corrected chi connectivity index (χ1v) is 6.96. The third kappa shape index (κ3) is 3.08. The fraction of sp³-hybridized carbons (Fsp3) is 0.438. The highest BCUT2D eigenvalue weighted by Gasteiger charge is 2.18. The fourth-order valence-corrected chi connectivity index (χ4v) is 2.55. The van der Waals surface area contributed by atoms with Crippen LogP contribution < -0.4 is 5.73 Å². The molecule has 1 aromatic heterocycles. The molecule has 0 fully saturated rings. The molecule has 0 aliphatic carbocycles. The second-order valence-corrected chi connectivity index (χ2v) is 5.48. The lowest BCUT2D eigenvalue weighted by atomic mass is 9.98. The molecule has 4 heteroatoms. The molecule has 4 nitrogen and oxygen atoms in total. The summed E-state index contributed by atoms with van der Waals surface area (Å²) in [4.78, 5) is 6.65. The summed E-state index contributed by atoms with van der Waals surface area (Å²) >= 11 is 0. The van der Waals surface area contributed by atoms with E-state index in [1.165, 1.54) is 16.7 Å². The normalized spacial score (nSPS) is 12.9. The zero-order valence-corrected chi connectivity index (χ0v) is 12.8. The molecule has 0 bridgehead atoms. The number of imidazole rings is 1. The van der Waals surface area contributed by atoms with Gasteiger partial charge in [-0.1, -0.05) is 23.8 Å². The molecule has 2 N–H and O–H groups in total. The predicted molar refractivity (Wildman–Crippen MR) is 82.4 cm³/mol. The Labute approximate surface area is 121 Å². The summed E-state index contributed by atoms with van der Waals surface area (Å²) in [5, 5.41) is 0. The van der Waals surface area contributed by atoms with Crippen molar-refractivity contribution in [3.8, 4) is 0 Å². The van der Waals surface area contributed by atoms with E-state index in [-0.39, 0.29) is 6.04 Å². The van der Waals surface area contributed by atoms with Crippen LogP contribution in [0.15, 0.2) is 30.6 Å². The molecule has 0 saturated carbocycles. The Morgan fingerprint density at radius 3 is 2.70 bits per heavy atom. The van der Waals surface area contributed by atoms with Crippen LogP contribution in [0.4, 0.5) is 0 Å². The maximum Gasteiger partial charge on any atom is 0.122 e. The van der Waals surface area contributed by atoms with Gasteiger partial charge in [0.15, 0.2) is 0 Å². The topological polar surface area (TPSA) is 47.1 Å². The van der Waals surface area contributed by atoms with Gasteiger partial charge in [-0.2, -0.15) is 0 Å². The standard InChI is InChI=1S/C16H24N4/c1-12-5-6-13(2)14(9-12)15(10-17)20(4)11-16-18-7-8-19(16)3/h5-9,15H,10-11,17H2,1-4H3. The van der Waals surface area contributed by atoms with Gasteiger partial charge in [-0.05, 0) is 32.0 Å². The number of nitrogens with zero attached hydrogens (tertiary/aromatic N) is 3. The molecule has 2 aromatic rings. The minimum Gasteiger partial charge on any atom is -0.337 e. The quantitative estimate of drug-likeness (QED) is 0.907. The van der Waals surface area contributed by atoms with Crippen molar-refractivity contribution in [2.75, 3.05) is 13.6 Å². The van der Waals surface area contributed by atoms with Crippen LogP contribution in [0.25, 0.3) is 0 Å². The van der Waals surface area contributed by atoms with E-state index in [2.05, 4.69) is 49.0 Å². The molecule has 1 aromatic carbocycles. The minimum atomic E-state index is 0.214. The van der Waals surface area contributed by atoms with Crippen molar-refractivity contribution < 1.29 is 0 Å². The van der Waals surface area contributed by atoms with Gasteiger partial charge in [-0.3, -0.25) is 4.90 Å². The Hall–Kier alpha value is -1.65.